The normalized spacial score (nSPS) is 44.0. The van der Waals surface area contributed by atoms with E-state index in [1.807, 2.05) is 0 Å². The summed E-state index contributed by atoms with van der Waals surface area (Å²) in [5.74, 6) is -1.19. The van der Waals surface area contributed by atoms with Crippen molar-refractivity contribution >= 4 is 5.91 Å². The Morgan fingerprint density at radius 3 is 2.11 bits per heavy atom. The van der Waals surface area contributed by atoms with E-state index in [9.17, 15) is 44.9 Å². The summed E-state index contributed by atoms with van der Waals surface area (Å²) in [6.45, 7) is -1.66. The second-order valence-corrected chi connectivity index (χ2v) is 13.9. The number of rotatable bonds is 17. The van der Waals surface area contributed by atoms with Gasteiger partial charge in [-0.15, -0.1) is 0 Å². The van der Waals surface area contributed by atoms with Gasteiger partial charge in [-0.25, -0.2) is 4.39 Å². The highest BCUT2D eigenvalue weighted by Gasteiger charge is 2.54. The van der Waals surface area contributed by atoms with Crippen LogP contribution in [0.1, 0.15) is 19.3 Å². The van der Waals surface area contributed by atoms with Gasteiger partial charge in [0.25, 0.3) is 5.91 Å². The van der Waals surface area contributed by atoms with E-state index in [4.69, 9.17) is 62.2 Å². The molecule has 22 nitrogen and oxygen atoms in total. The van der Waals surface area contributed by atoms with Crippen LogP contribution in [0, 0.1) is 0 Å². The van der Waals surface area contributed by atoms with Crippen LogP contribution in [-0.4, -0.2) is 209 Å². The van der Waals surface area contributed by atoms with Crippen LogP contribution in [0.15, 0.2) is 0 Å². The highest BCUT2D eigenvalue weighted by molar-refractivity contribution is 5.81. The largest absolute Gasteiger partial charge is 0.394 e. The molecule has 0 spiro atoms. The molecular weight excluding hydrogens is 717 g/mol. The molecule has 0 aromatic heterocycles. The van der Waals surface area contributed by atoms with Gasteiger partial charge < -0.3 is 109 Å². The van der Waals surface area contributed by atoms with Gasteiger partial charge in [-0.1, -0.05) is 0 Å². The number of amides is 1. The molecule has 20 N–H and O–H groups in total. The molecule has 4 fully saturated rings. The van der Waals surface area contributed by atoms with Crippen molar-refractivity contribution in [3.63, 3.8) is 0 Å². The summed E-state index contributed by atoms with van der Waals surface area (Å²) >= 11 is 0. The minimum Gasteiger partial charge on any atom is -0.394 e. The highest BCUT2D eigenvalue weighted by atomic mass is 19.1. The Bertz CT molecular complexity index is 1130. The van der Waals surface area contributed by atoms with Gasteiger partial charge in [-0.3, -0.25) is 4.79 Å². The first-order chi connectivity index (χ1) is 25.1. The third-order valence-electron chi connectivity index (χ3n) is 9.97. The predicted octanol–water partition coefficient (Wildman–Crippen LogP) is -9.04. The van der Waals surface area contributed by atoms with Gasteiger partial charge in [0.15, 0.2) is 25.0 Å². The maximum absolute atomic E-state index is 14.1. The molecular formula is C30H58FN7O15. The van der Waals surface area contributed by atoms with Crippen LogP contribution in [0.25, 0.3) is 0 Å². The van der Waals surface area contributed by atoms with Crippen molar-refractivity contribution in [1.82, 2.24) is 10.6 Å². The molecule has 310 valence electrons. The number of halogens is 1. The van der Waals surface area contributed by atoms with E-state index in [0.717, 1.165) is 0 Å². The van der Waals surface area contributed by atoms with E-state index in [1.54, 1.807) is 0 Å². The summed E-state index contributed by atoms with van der Waals surface area (Å²) < 4.78 is 49.7. The number of carbonyl (C=O) groups is 1. The predicted molar refractivity (Wildman–Crippen MR) is 176 cm³/mol. The van der Waals surface area contributed by atoms with Crippen LogP contribution in [0.4, 0.5) is 4.39 Å². The molecule has 20 atom stereocenters. The molecule has 3 saturated heterocycles. The molecule has 3 heterocycles. The van der Waals surface area contributed by atoms with Gasteiger partial charge in [-0.05, 0) is 19.3 Å². The summed E-state index contributed by atoms with van der Waals surface area (Å²) in [6, 6.07) is -4.30. The number of aliphatic hydroxyl groups is 8. The smallest absolute Gasteiger partial charge is 0.252 e. The molecule has 1 saturated carbocycles. The van der Waals surface area contributed by atoms with E-state index >= 15 is 0 Å². The van der Waals surface area contributed by atoms with Crippen molar-refractivity contribution in [3.8, 4) is 0 Å². The Morgan fingerprint density at radius 2 is 1.47 bits per heavy atom. The van der Waals surface area contributed by atoms with Crippen molar-refractivity contribution < 1.29 is 78.5 Å². The number of hydrogen-bond donors (Lipinski definition) is 15. The third kappa shape index (κ3) is 10.7. The standard InChI is InChI=1S/C30H58FN7O15/c31-12(4-32)19(42)27(47)38-15-3-14(35)24(51-28-13(34)2-1-11(48-28)7-37-6-10(41)8-39)26(20(15)43)53-30-23(46)25(17(9-40)50-30)52-29-18(36)22(45)21(44)16(5-33)49-29/h10-26,28-30,37,39-46H,1-9,32-36H2,(H,38,47)/t10?,11-,12+,13+,14-,15+,16-,17+,18+,19-,20-,21+,22+,23+,24+,25+,26+,28+,29+,30-/m0/s1. The summed E-state index contributed by atoms with van der Waals surface area (Å²) in [5, 5.41) is 87.9. The number of hydrogen-bond acceptors (Lipinski definition) is 21. The van der Waals surface area contributed by atoms with Gasteiger partial charge in [0.2, 0.25) is 0 Å². The zero-order valence-electron chi connectivity index (χ0n) is 29.1. The quantitative estimate of drug-likeness (QED) is 0.0652. The molecule has 4 aliphatic rings. The van der Waals surface area contributed by atoms with E-state index in [-0.39, 0.29) is 26.1 Å². The average molecular weight is 776 g/mol. The van der Waals surface area contributed by atoms with Crippen molar-refractivity contribution in [2.24, 2.45) is 28.7 Å². The average Bonchev–Trinajstić information content (AvgIpc) is 3.44. The number of aliphatic hydroxyl groups excluding tert-OH is 8. The highest BCUT2D eigenvalue weighted by Crippen LogP contribution is 2.34. The van der Waals surface area contributed by atoms with Crippen molar-refractivity contribution in [3.05, 3.63) is 0 Å². The maximum atomic E-state index is 14.1. The number of nitrogens with one attached hydrogen (secondary N) is 2. The topological polar surface area (TPSA) is 388 Å². The fourth-order valence-electron chi connectivity index (χ4n) is 6.77. The lowest BCUT2D eigenvalue weighted by Crippen LogP contribution is -2.67. The molecule has 4 rings (SSSR count). The molecule has 0 aromatic carbocycles. The Balaban J connectivity index is 1.54. The Labute approximate surface area is 304 Å². The van der Waals surface area contributed by atoms with Crippen molar-refractivity contribution in [2.45, 2.75) is 142 Å². The third-order valence-corrected chi connectivity index (χ3v) is 9.97. The van der Waals surface area contributed by atoms with E-state index in [1.165, 1.54) is 0 Å². The van der Waals surface area contributed by atoms with Gasteiger partial charge >= 0.3 is 0 Å². The first kappa shape index (κ1) is 44.3. The first-order valence-corrected chi connectivity index (χ1v) is 17.7. The van der Waals surface area contributed by atoms with Crippen LogP contribution < -0.4 is 39.3 Å². The Kier molecular flexibility index (Phi) is 16.8. The fourth-order valence-corrected chi connectivity index (χ4v) is 6.77. The van der Waals surface area contributed by atoms with Crippen molar-refractivity contribution in [1.29, 1.82) is 0 Å². The molecule has 0 radical (unpaired) electrons. The van der Waals surface area contributed by atoms with Crippen LogP contribution in [-0.2, 0) is 33.2 Å². The van der Waals surface area contributed by atoms with Gasteiger partial charge in [0, 0.05) is 32.2 Å². The molecule has 3 aliphatic heterocycles. The van der Waals surface area contributed by atoms with E-state index in [0.29, 0.717) is 12.8 Å². The summed E-state index contributed by atoms with van der Waals surface area (Å²) in [6.07, 6.45) is -22.1. The summed E-state index contributed by atoms with van der Waals surface area (Å²) in [5.41, 5.74) is 29.8. The maximum Gasteiger partial charge on any atom is 0.252 e. The second kappa shape index (κ2) is 20.1. The van der Waals surface area contributed by atoms with Crippen LogP contribution >= 0.6 is 0 Å². The fraction of sp³-hybridized carbons (Fsp3) is 0.967. The lowest BCUT2D eigenvalue weighted by molar-refractivity contribution is -0.290. The number of ether oxygens (including phenoxy) is 6. The monoisotopic (exact) mass is 775 g/mol. The minimum atomic E-state index is -2.16. The van der Waals surface area contributed by atoms with Crippen molar-refractivity contribution in [2.75, 3.05) is 39.4 Å². The van der Waals surface area contributed by atoms with Crippen LogP contribution in [0.5, 0.6) is 0 Å². The molecule has 0 aromatic rings. The first-order valence-electron chi connectivity index (χ1n) is 17.7. The number of nitrogens with two attached hydrogens (primary N) is 5. The Hall–Kier alpha value is -1.40. The zero-order valence-corrected chi connectivity index (χ0v) is 29.1. The van der Waals surface area contributed by atoms with Crippen LogP contribution in [0.3, 0.4) is 0 Å². The van der Waals surface area contributed by atoms with Gasteiger partial charge in [-0.2, -0.15) is 0 Å². The van der Waals surface area contributed by atoms with E-state index in [2.05, 4.69) is 10.6 Å². The van der Waals surface area contributed by atoms with Gasteiger partial charge in [0.1, 0.15) is 61.1 Å². The summed E-state index contributed by atoms with van der Waals surface area (Å²) in [4.78, 5) is 12.7. The molecule has 1 amide bonds. The van der Waals surface area contributed by atoms with Crippen LogP contribution in [0.2, 0.25) is 0 Å². The molecule has 1 unspecified atom stereocenters. The SMILES string of the molecule is NC[C@@H](F)[C@H](O)C(=O)N[C@@H]1C[C@H](N)[C@@H](O[C@H]2O[C@H](CNCC(O)CO)CC[C@H]2N)[C@H](O[C@@H]2O[C@H](CO)[C@@H](O[C@H]3O[C@@H](CN)[C@@H](O)[C@H](O)[C@H]3N)[C@H]2O)[C@H]1O. The Morgan fingerprint density at radius 1 is 0.811 bits per heavy atom. The van der Waals surface area contributed by atoms with E-state index < -0.39 is 148 Å². The number of alkyl halides is 1. The molecule has 23 heteroatoms. The molecule has 1 aliphatic carbocycles. The molecule has 53 heavy (non-hydrogen) atoms. The lowest BCUT2D eigenvalue weighted by atomic mass is 9.83. The zero-order chi connectivity index (χ0) is 39.1. The second-order valence-electron chi connectivity index (χ2n) is 13.9. The minimum absolute atomic E-state index is 0.0952. The van der Waals surface area contributed by atoms with Gasteiger partial charge in [0.05, 0.1) is 43.5 Å². The lowest BCUT2D eigenvalue weighted by Gasteiger charge is -2.46. The molecule has 0 bridgehead atoms. The summed E-state index contributed by atoms with van der Waals surface area (Å²) in [7, 11) is 0. The number of carbonyl (C=O) groups excluding carboxylic acids is 1.